The lowest BCUT2D eigenvalue weighted by molar-refractivity contribution is -0.136. The van der Waals surface area contributed by atoms with E-state index >= 15 is 0 Å². The number of esters is 1. The van der Waals surface area contributed by atoms with Gasteiger partial charge >= 0.3 is 17.7 Å². The Morgan fingerprint density at radius 1 is 1.17 bits per heavy atom. The van der Waals surface area contributed by atoms with Crippen molar-refractivity contribution in [2.24, 2.45) is 0 Å². The van der Waals surface area contributed by atoms with Gasteiger partial charge in [0.2, 0.25) is 0 Å². The molecule has 0 aliphatic rings. The third-order valence-electron chi connectivity index (χ3n) is 4.18. The average Bonchev–Trinajstić information content (AvgIpc) is 2.58. The van der Waals surface area contributed by atoms with E-state index in [0.29, 0.717) is 36.0 Å². The van der Waals surface area contributed by atoms with Crippen LogP contribution in [0.25, 0.3) is 11.0 Å². The van der Waals surface area contributed by atoms with Crippen LogP contribution in [0, 0.1) is 6.92 Å². The van der Waals surface area contributed by atoms with E-state index in [4.69, 9.17) is 13.9 Å². The number of alkyl carbamates (subject to hydrolysis) is 1. The Morgan fingerprint density at radius 2 is 1.86 bits per heavy atom. The lowest BCUT2D eigenvalue weighted by Gasteiger charge is -2.23. The molecule has 0 radical (unpaired) electrons. The highest BCUT2D eigenvalue weighted by Crippen LogP contribution is 2.30. The van der Waals surface area contributed by atoms with E-state index in [1.807, 2.05) is 20.8 Å². The lowest BCUT2D eigenvalue weighted by Crippen LogP contribution is -2.45. The van der Waals surface area contributed by atoms with Crippen LogP contribution in [-0.2, 0) is 16.0 Å². The molecule has 0 spiro atoms. The van der Waals surface area contributed by atoms with Crippen LogP contribution in [0.5, 0.6) is 5.75 Å². The van der Waals surface area contributed by atoms with Gasteiger partial charge in [-0.15, -0.1) is 0 Å². The van der Waals surface area contributed by atoms with Crippen molar-refractivity contribution in [2.45, 2.75) is 72.4 Å². The van der Waals surface area contributed by atoms with Gasteiger partial charge in [-0.1, -0.05) is 20.3 Å². The average molecular weight is 403 g/mol. The molecule has 0 unspecified atom stereocenters. The summed E-state index contributed by atoms with van der Waals surface area (Å²) in [4.78, 5) is 36.8. The van der Waals surface area contributed by atoms with E-state index in [1.165, 1.54) is 6.07 Å². The van der Waals surface area contributed by atoms with Crippen LogP contribution < -0.4 is 15.7 Å². The lowest BCUT2D eigenvalue weighted by atomic mass is 10.0. The second kappa shape index (κ2) is 9.11. The third-order valence-corrected chi connectivity index (χ3v) is 4.18. The number of fused-ring (bicyclic) bond motifs is 1. The van der Waals surface area contributed by atoms with Crippen molar-refractivity contribution in [3.8, 4) is 5.75 Å². The maximum absolute atomic E-state index is 12.8. The quantitative estimate of drug-likeness (QED) is 0.440. The zero-order valence-corrected chi connectivity index (χ0v) is 17.9. The van der Waals surface area contributed by atoms with Crippen molar-refractivity contribution >= 4 is 23.0 Å². The number of amides is 1. The van der Waals surface area contributed by atoms with Crippen molar-refractivity contribution < 1.29 is 23.5 Å². The molecule has 1 amide bonds. The predicted octanol–water partition coefficient (Wildman–Crippen LogP) is 4.26. The molecule has 2 rings (SSSR count). The largest absolute Gasteiger partial charge is 0.444 e. The highest BCUT2D eigenvalue weighted by atomic mass is 16.6. The number of rotatable bonds is 6. The third kappa shape index (κ3) is 6.07. The van der Waals surface area contributed by atoms with Gasteiger partial charge in [0.1, 0.15) is 23.0 Å². The Balaban J connectivity index is 2.35. The fraction of sp³-hybridized carbons (Fsp3) is 0.500. The van der Waals surface area contributed by atoms with Crippen LogP contribution in [0.1, 0.15) is 58.6 Å². The van der Waals surface area contributed by atoms with Crippen LogP contribution in [-0.4, -0.2) is 23.7 Å². The number of aryl methyl sites for hydroxylation is 2. The molecular formula is C22H29NO6. The van der Waals surface area contributed by atoms with Crippen LogP contribution in [0.15, 0.2) is 27.4 Å². The molecule has 29 heavy (non-hydrogen) atoms. The summed E-state index contributed by atoms with van der Waals surface area (Å²) in [6.07, 6.45) is 0.961. The molecule has 1 aromatic heterocycles. The van der Waals surface area contributed by atoms with Crippen LogP contribution in [0.3, 0.4) is 0 Å². The molecule has 1 heterocycles. The van der Waals surface area contributed by atoms with E-state index in [9.17, 15) is 14.4 Å². The van der Waals surface area contributed by atoms with Gasteiger partial charge in [-0.05, 0) is 63.8 Å². The fourth-order valence-electron chi connectivity index (χ4n) is 3.00. The van der Waals surface area contributed by atoms with Gasteiger partial charge in [0.25, 0.3) is 0 Å². The summed E-state index contributed by atoms with van der Waals surface area (Å²) in [6, 6.07) is 3.99. The monoisotopic (exact) mass is 403 g/mol. The van der Waals surface area contributed by atoms with Gasteiger partial charge < -0.3 is 19.2 Å². The Morgan fingerprint density at radius 3 is 2.45 bits per heavy atom. The molecule has 7 nitrogen and oxygen atoms in total. The molecular weight excluding hydrogens is 374 g/mol. The summed E-state index contributed by atoms with van der Waals surface area (Å²) in [7, 11) is 0. The zero-order chi connectivity index (χ0) is 21.8. The summed E-state index contributed by atoms with van der Waals surface area (Å²) in [6.45, 7) is 10.9. The number of hydrogen-bond acceptors (Lipinski definition) is 6. The molecule has 0 bridgehead atoms. The standard InChI is InChI=1S/C22H29NO6/c1-7-9-15(23-21(26)29-22(4,5)6)20(25)28-17-11-13(3)10-16-19(17)14(8-2)12-18(24)27-16/h10-12,15H,7-9H2,1-6H3,(H,23,26)/t15-/m1/s1. The molecule has 0 saturated heterocycles. The maximum Gasteiger partial charge on any atom is 0.408 e. The van der Waals surface area contributed by atoms with Crippen LogP contribution >= 0.6 is 0 Å². The van der Waals surface area contributed by atoms with Crippen molar-refractivity contribution in [1.29, 1.82) is 0 Å². The molecule has 0 fully saturated rings. The zero-order valence-electron chi connectivity index (χ0n) is 17.9. The van der Waals surface area contributed by atoms with E-state index in [0.717, 1.165) is 11.1 Å². The van der Waals surface area contributed by atoms with Gasteiger partial charge in [-0.25, -0.2) is 14.4 Å². The van der Waals surface area contributed by atoms with E-state index in [-0.39, 0.29) is 0 Å². The number of carbonyl (C=O) groups is 2. The number of ether oxygens (including phenoxy) is 2. The number of carbonyl (C=O) groups excluding carboxylic acids is 2. The Bertz CT molecular complexity index is 954. The van der Waals surface area contributed by atoms with E-state index in [1.54, 1.807) is 32.9 Å². The van der Waals surface area contributed by atoms with Gasteiger partial charge in [0, 0.05) is 6.07 Å². The van der Waals surface area contributed by atoms with E-state index < -0.39 is 29.3 Å². The fourth-order valence-corrected chi connectivity index (χ4v) is 3.00. The smallest absolute Gasteiger partial charge is 0.408 e. The van der Waals surface area contributed by atoms with Crippen LogP contribution in [0.2, 0.25) is 0 Å². The van der Waals surface area contributed by atoms with Crippen molar-refractivity contribution in [2.75, 3.05) is 0 Å². The summed E-state index contributed by atoms with van der Waals surface area (Å²) in [5, 5.41) is 3.17. The molecule has 158 valence electrons. The molecule has 1 N–H and O–H groups in total. The molecule has 0 aliphatic carbocycles. The molecule has 0 saturated carbocycles. The summed E-state index contributed by atoms with van der Waals surface area (Å²) in [5.41, 5.74) is 0.748. The molecule has 7 heteroatoms. The molecule has 1 aromatic carbocycles. The molecule has 1 atom stereocenters. The highest BCUT2D eigenvalue weighted by Gasteiger charge is 2.26. The number of hydrogen-bond donors (Lipinski definition) is 1. The Labute approximate surface area is 170 Å². The van der Waals surface area contributed by atoms with Gasteiger partial charge in [0.15, 0.2) is 0 Å². The molecule has 2 aromatic rings. The first-order chi connectivity index (χ1) is 13.5. The van der Waals surface area contributed by atoms with Crippen molar-refractivity contribution in [1.82, 2.24) is 5.32 Å². The van der Waals surface area contributed by atoms with Gasteiger partial charge in [0.05, 0.1) is 5.39 Å². The Kier molecular flexibility index (Phi) is 7.06. The number of benzene rings is 1. The van der Waals surface area contributed by atoms with Crippen molar-refractivity contribution in [3.05, 3.63) is 39.7 Å². The van der Waals surface area contributed by atoms with Gasteiger partial charge in [-0.2, -0.15) is 0 Å². The minimum absolute atomic E-state index is 0.303. The highest BCUT2D eigenvalue weighted by molar-refractivity contribution is 5.91. The predicted molar refractivity (Wildman–Crippen MR) is 110 cm³/mol. The first kappa shape index (κ1) is 22.5. The summed E-state index contributed by atoms with van der Waals surface area (Å²) < 4.78 is 16.2. The minimum atomic E-state index is -0.855. The first-order valence-electron chi connectivity index (χ1n) is 9.82. The van der Waals surface area contributed by atoms with Gasteiger partial charge in [-0.3, -0.25) is 0 Å². The van der Waals surface area contributed by atoms with Crippen LogP contribution in [0.4, 0.5) is 4.79 Å². The van der Waals surface area contributed by atoms with Crippen molar-refractivity contribution in [3.63, 3.8) is 0 Å². The SMILES string of the molecule is CCC[C@@H](NC(=O)OC(C)(C)C)C(=O)Oc1cc(C)cc2oc(=O)cc(CC)c12. The topological polar surface area (TPSA) is 94.8 Å². The Hall–Kier alpha value is -2.83. The minimum Gasteiger partial charge on any atom is -0.444 e. The first-order valence-corrected chi connectivity index (χ1v) is 9.82. The van der Waals surface area contributed by atoms with E-state index in [2.05, 4.69) is 5.32 Å². The summed E-state index contributed by atoms with van der Waals surface area (Å²) in [5.74, 6) is -0.296. The normalized spacial score (nSPS) is 12.5. The second-order valence-corrected chi connectivity index (χ2v) is 7.99. The number of nitrogens with one attached hydrogen (secondary N) is 1. The second-order valence-electron chi connectivity index (χ2n) is 7.99. The molecule has 0 aliphatic heterocycles. The summed E-state index contributed by atoms with van der Waals surface area (Å²) >= 11 is 0. The maximum atomic E-state index is 12.8.